The Morgan fingerprint density at radius 2 is 1.89 bits per heavy atom. The Labute approximate surface area is 113 Å². The molecule has 1 aromatic carbocycles. The highest BCUT2D eigenvalue weighted by Crippen LogP contribution is 2.18. The van der Waals surface area contributed by atoms with Crippen LogP contribution in [0, 0.1) is 6.92 Å². The number of carbonyl (C=O) groups excluding carboxylic acids is 1. The first-order chi connectivity index (χ1) is 8.28. The number of nitrogens with zero attached hydrogens (tertiary/aromatic N) is 1. The molecule has 1 aromatic rings. The summed E-state index contributed by atoms with van der Waals surface area (Å²) in [5.74, 6) is 0.429. The van der Waals surface area contributed by atoms with Gasteiger partial charge in [0.05, 0.1) is 11.4 Å². The molecule has 0 unspecified atom stereocenters. The molecule has 0 fully saturated rings. The second-order valence-corrected chi connectivity index (χ2v) is 6.21. The number of benzene rings is 1. The molecule has 0 aliphatic carbocycles. The highest BCUT2D eigenvalue weighted by molar-refractivity contribution is 8.00. The van der Waals surface area contributed by atoms with E-state index >= 15 is 0 Å². The van der Waals surface area contributed by atoms with Gasteiger partial charge in [-0.15, -0.1) is 11.8 Å². The Kier molecular flexibility index (Phi) is 5.23. The van der Waals surface area contributed by atoms with Crippen molar-refractivity contribution in [1.29, 1.82) is 0 Å². The third kappa shape index (κ3) is 5.56. The molecule has 0 aliphatic rings. The first-order valence-corrected chi connectivity index (χ1v) is 6.92. The Morgan fingerprint density at radius 3 is 2.39 bits per heavy atom. The molecule has 0 aromatic heterocycles. The number of carbonyl (C=O) groups is 1. The molecule has 0 radical (unpaired) electrons. The fourth-order valence-electron chi connectivity index (χ4n) is 1.56. The zero-order chi connectivity index (χ0) is 13.8. The summed E-state index contributed by atoms with van der Waals surface area (Å²) in [4.78, 5) is 14.5. The fraction of sp³-hybridized carbons (Fsp3) is 0.500. The molecule has 1 rings (SSSR count). The molecule has 0 heterocycles. The lowest BCUT2D eigenvalue weighted by atomic mass is 10.1. The lowest BCUT2D eigenvalue weighted by Crippen LogP contribution is -2.40. The van der Waals surface area contributed by atoms with Gasteiger partial charge in [0.1, 0.15) is 0 Å². The lowest BCUT2D eigenvalue weighted by molar-refractivity contribution is -0.129. The smallest absolute Gasteiger partial charge is 0.232 e. The zero-order valence-corrected chi connectivity index (χ0v) is 12.3. The van der Waals surface area contributed by atoms with Crippen LogP contribution < -0.4 is 0 Å². The molecule has 0 saturated heterocycles. The van der Waals surface area contributed by atoms with Crippen LogP contribution in [0.1, 0.15) is 19.4 Å². The predicted molar refractivity (Wildman–Crippen MR) is 75.8 cm³/mol. The van der Waals surface area contributed by atoms with E-state index in [2.05, 4.69) is 0 Å². The van der Waals surface area contributed by atoms with E-state index in [0.29, 0.717) is 12.3 Å². The van der Waals surface area contributed by atoms with Gasteiger partial charge < -0.3 is 10.0 Å². The molecule has 0 spiro atoms. The quantitative estimate of drug-likeness (QED) is 0.832. The van der Waals surface area contributed by atoms with Crippen LogP contribution >= 0.6 is 11.8 Å². The highest BCUT2D eigenvalue weighted by atomic mass is 32.2. The van der Waals surface area contributed by atoms with Gasteiger partial charge in [0, 0.05) is 18.5 Å². The maximum absolute atomic E-state index is 11.9. The normalized spacial score (nSPS) is 11.4. The molecule has 100 valence electrons. The minimum atomic E-state index is -0.848. The number of likely N-dealkylation sites (N-methyl/N-ethyl adjacent to an activating group) is 1. The Bertz CT molecular complexity index is 395. The third-order valence-corrected chi connectivity index (χ3v) is 3.43. The van der Waals surface area contributed by atoms with Crippen LogP contribution in [-0.2, 0) is 4.79 Å². The predicted octanol–water partition coefficient (Wildman–Crippen LogP) is 2.32. The van der Waals surface area contributed by atoms with E-state index in [1.807, 2.05) is 31.2 Å². The summed E-state index contributed by atoms with van der Waals surface area (Å²) in [6, 6.07) is 8.10. The van der Waals surface area contributed by atoms with Crippen molar-refractivity contribution in [2.24, 2.45) is 0 Å². The SMILES string of the molecule is Cc1ccc(SCC(=O)N(C)CC(C)(C)O)cc1. The van der Waals surface area contributed by atoms with Crippen molar-refractivity contribution in [1.82, 2.24) is 4.90 Å². The summed E-state index contributed by atoms with van der Waals surface area (Å²) in [6.45, 7) is 5.78. The first-order valence-electron chi connectivity index (χ1n) is 5.94. The highest BCUT2D eigenvalue weighted by Gasteiger charge is 2.19. The molecule has 0 bridgehead atoms. The molecular formula is C14H21NO2S. The number of thioether (sulfide) groups is 1. The lowest BCUT2D eigenvalue weighted by Gasteiger charge is -2.25. The Morgan fingerprint density at radius 1 is 1.33 bits per heavy atom. The van der Waals surface area contributed by atoms with Gasteiger partial charge in [-0.2, -0.15) is 0 Å². The molecule has 4 heteroatoms. The second-order valence-electron chi connectivity index (χ2n) is 5.16. The van der Waals surface area contributed by atoms with Crippen LogP contribution in [0.4, 0.5) is 0 Å². The number of aliphatic hydroxyl groups is 1. The maximum atomic E-state index is 11.9. The van der Waals surface area contributed by atoms with E-state index in [9.17, 15) is 9.90 Å². The van der Waals surface area contributed by atoms with Gasteiger partial charge in [-0.25, -0.2) is 0 Å². The van der Waals surface area contributed by atoms with Crippen molar-refractivity contribution in [2.45, 2.75) is 31.3 Å². The minimum absolute atomic E-state index is 0.0303. The molecule has 3 nitrogen and oxygen atoms in total. The van der Waals surface area contributed by atoms with Crippen molar-refractivity contribution in [2.75, 3.05) is 19.3 Å². The Hall–Kier alpha value is -1.00. The van der Waals surface area contributed by atoms with Gasteiger partial charge in [-0.3, -0.25) is 4.79 Å². The van der Waals surface area contributed by atoms with E-state index in [1.165, 1.54) is 17.3 Å². The number of aryl methyl sites for hydroxylation is 1. The van der Waals surface area contributed by atoms with E-state index in [4.69, 9.17) is 0 Å². The summed E-state index contributed by atoms with van der Waals surface area (Å²) in [7, 11) is 1.72. The van der Waals surface area contributed by atoms with Gasteiger partial charge in [0.25, 0.3) is 0 Å². The molecule has 1 N–H and O–H groups in total. The van der Waals surface area contributed by atoms with Crippen molar-refractivity contribution in [3.63, 3.8) is 0 Å². The molecule has 18 heavy (non-hydrogen) atoms. The summed E-state index contributed by atoms with van der Waals surface area (Å²) in [5.41, 5.74) is 0.365. The number of hydrogen-bond acceptors (Lipinski definition) is 3. The van der Waals surface area contributed by atoms with E-state index in [-0.39, 0.29) is 5.91 Å². The van der Waals surface area contributed by atoms with Crippen LogP contribution in [0.2, 0.25) is 0 Å². The van der Waals surface area contributed by atoms with E-state index < -0.39 is 5.60 Å². The van der Waals surface area contributed by atoms with Crippen LogP contribution in [-0.4, -0.2) is 40.9 Å². The summed E-state index contributed by atoms with van der Waals surface area (Å²) < 4.78 is 0. The molecule has 1 amide bonds. The van der Waals surface area contributed by atoms with Crippen molar-refractivity contribution < 1.29 is 9.90 Å². The molecule has 0 atom stereocenters. The van der Waals surface area contributed by atoms with Gasteiger partial charge >= 0.3 is 0 Å². The number of hydrogen-bond donors (Lipinski definition) is 1. The van der Waals surface area contributed by atoms with Crippen LogP contribution in [0.25, 0.3) is 0 Å². The second kappa shape index (κ2) is 6.25. The standard InChI is InChI=1S/C14H21NO2S/c1-11-5-7-12(8-6-11)18-9-13(16)15(4)10-14(2,3)17/h5-8,17H,9-10H2,1-4H3. The van der Waals surface area contributed by atoms with Crippen molar-refractivity contribution in [3.05, 3.63) is 29.8 Å². The Balaban J connectivity index is 2.43. The monoisotopic (exact) mass is 267 g/mol. The van der Waals surface area contributed by atoms with Gasteiger partial charge in [0.2, 0.25) is 5.91 Å². The number of amides is 1. The third-order valence-electron chi connectivity index (χ3n) is 2.43. The summed E-state index contributed by atoms with van der Waals surface area (Å²) >= 11 is 1.52. The van der Waals surface area contributed by atoms with Crippen molar-refractivity contribution in [3.8, 4) is 0 Å². The molecule has 0 saturated carbocycles. The zero-order valence-electron chi connectivity index (χ0n) is 11.4. The minimum Gasteiger partial charge on any atom is -0.389 e. The molecule has 0 aliphatic heterocycles. The van der Waals surface area contributed by atoms with Gasteiger partial charge in [-0.1, -0.05) is 17.7 Å². The van der Waals surface area contributed by atoms with Crippen molar-refractivity contribution >= 4 is 17.7 Å². The average molecular weight is 267 g/mol. The summed E-state index contributed by atoms with van der Waals surface area (Å²) in [6.07, 6.45) is 0. The van der Waals surface area contributed by atoms with E-state index in [1.54, 1.807) is 25.8 Å². The average Bonchev–Trinajstić information content (AvgIpc) is 2.25. The van der Waals surface area contributed by atoms with Gasteiger partial charge in [-0.05, 0) is 32.9 Å². The largest absolute Gasteiger partial charge is 0.389 e. The molecular weight excluding hydrogens is 246 g/mol. The van der Waals surface area contributed by atoms with Crippen LogP contribution in [0.5, 0.6) is 0 Å². The van der Waals surface area contributed by atoms with Crippen LogP contribution in [0.3, 0.4) is 0 Å². The van der Waals surface area contributed by atoms with Crippen LogP contribution in [0.15, 0.2) is 29.2 Å². The fourth-order valence-corrected chi connectivity index (χ4v) is 2.40. The van der Waals surface area contributed by atoms with Gasteiger partial charge in [0.15, 0.2) is 0 Å². The first kappa shape index (κ1) is 15.1. The maximum Gasteiger partial charge on any atom is 0.232 e. The number of rotatable bonds is 5. The summed E-state index contributed by atoms with van der Waals surface area (Å²) in [5, 5.41) is 9.65. The topological polar surface area (TPSA) is 40.5 Å². The van der Waals surface area contributed by atoms with E-state index in [0.717, 1.165) is 4.90 Å².